The predicted molar refractivity (Wildman–Crippen MR) is 99.3 cm³/mol. The molecule has 0 saturated heterocycles. The molecule has 0 radical (unpaired) electrons. The van der Waals surface area contributed by atoms with Gasteiger partial charge >= 0.3 is 6.03 Å². The third-order valence-corrected chi connectivity index (χ3v) is 4.56. The first-order chi connectivity index (χ1) is 12.7. The largest absolute Gasteiger partial charge is 0.497 e. The van der Waals surface area contributed by atoms with Gasteiger partial charge in [-0.2, -0.15) is 0 Å². The number of rotatable bonds is 6. The molecule has 138 valence electrons. The van der Waals surface area contributed by atoms with E-state index in [-0.39, 0.29) is 18.2 Å². The maximum atomic E-state index is 12.1. The van der Waals surface area contributed by atoms with Crippen molar-refractivity contribution in [3.63, 3.8) is 0 Å². The second-order valence-corrected chi connectivity index (χ2v) is 6.46. The molecule has 0 bridgehead atoms. The highest BCUT2D eigenvalue weighted by molar-refractivity contribution is 5.74. The van der Waals surface area contributed by atoms with E-state index >= 15 is 0 Å². The summed E-state index contributed by atoms with van der Waals surface area (Å²) in [6.07, 6.45) is 7.35. The molecule has 6 heteroatoms. The molecule has 1 aromatic heterocycles. The Kier molecular flexibility index (Phi) is 6.30. The number of hydrogen-bond donors (Lipinski definition) is 2. The molecule has 2 N–H and O–H groups in total. The fourth-order valence-corrected chi connectivity index (χ4v) is 3.10. The number of aromatic nitrogens is 1. The third kappa shape index (κ3) is 5.37. The van der Waals surface area contributed by atoms with E-state index in [2.05, 4.69) is 15.6 Å². The number of urea groups is 1. The van der Waals surface area contributed by atoms with Crippen LogP contribution in [0.15, 0.2) is 48.8 Å². The van der Waals surface area contributed by atoms with Gasteiger partial charge < -0.3 is 20.1 Å². The van der Waals surface area contributed by atoms with Crippen LogP contribution in [-0.4, -0.2) is 30.3 Å². The maximum absolute atomic E-state index is 12.1. The summed E-state index contributed by atoms with van der Waals surface area (Å²) < 4.78 is 11.1. The van der Waals surface area contributed by atoms with Gasteiger partial charge in [0.2, 0.25) is 0 Å². The predicted octanol–water partition coefficient (Wildman–Crippen LogP) is 3.28. The van der Waals surface area contributed by atoms with Gasteiger partial charge in [0, 0.05) is 18.8 Å². The average molecular weight is 355 g/mol. The molecule has 0 unspecified atom stereocenters. The van der Waals surface area contributed by atoms with Crippen LogP contribution in [0.4, 0.5) is 4.79 Å². The second kappa shape index (κ2) is 9.08. The first-order valence-electron chi connectivity index (χ1n) is 8.97. The molecule has 0 aliphatic heterocycles. The molecule has 6 nitrogen and oxygen atoms in total. The first kappa shape index (κ1) is 18.0. The van der Waals surface area contributed by atoms with Gasteiger partial charge in [0.05, 0.1) is 19.4 Å². The Hall–Kier alpha value is -2.76. The molecule has 2 aromatic rings. The van der Waals surface area contributed by atoms with Crippen molar-refractivity contribution in [2.24, 2.45) is 0 Å². The van der Waals surface area contributed by atoms with E-state index in [1.165, 1.54) is 0 Å². The summed E-state index contributed by atoms with van der Waals surface area (Å²) in [4.78, 5) is 16.2. The average Bonchev–Trinajstić information content (AvgIpc) is 2.69. The summed E-state index contributed by atoms with van der Waals surface area (Å²) in [5.41, 5.74) is 1.04. The van der Waals surface area contributed by atoms with Crippen LogP contribution in [0.25, 0.3) is 0 Å². The number of carbonyl (C=O) groups is 1. The number of nitrogens with zero attached hydrogens (tertiary/aromatic N) is 1. The minimum atomic E-state index is -0.127. The molecule has 3 rings (SSSR count). The third-order valence-electron chi connectivity index (χ3n) is 4.56. The van der Waals surface area contributed by atoms with Crippen molar-refractivity contribution >= 4 is 6.03 Å². The van der Waals surface area contributed by atoms with Crippen molar-refractivity contribution in [2.45, 2.75) is 44.4 Å². The van der Waals surface area contributed by atoms with Crippen molar-refractivity contribution in [3.05, 3.63) is 54.4 Å². The van der Waals surface area contributed by atoms with Crippen LogP contribution in [-0.2, 0) is 6.54 Å². The molecule has 1 heterocycles. The van der Waals surface area contributed by atoms with Crippen LogP contribution in [0.2, 0.25) is 0 Å². The molecule has 2 amide bonds. The molecule has 1 aliphatic rings. The van der Waals surface area contributed by atoms with Crippen LogP contribution < -0.4 is 20.1 Å². The first-order valence-corrected chi connectivity index (χ1v) is 8.97. The Morgan fingerprint density at radius 1 is 1.12 bits per heavy atom. The van der Waals surface area contributed by atoms with E-state index < -0.39 is 0 Å². The summed E-state index contributed by atoms with van der Waals surface area (Å²) >= 11 is 0. The van der Waals surface area contributed by atoms with E-state index in [4.69, 9.17) is 9.47 Å². The van der Waals surface area contributed by atoms with Gasteiger partial charge in [-0.3, -0.25) is 4.98 Å². The highest BCUT2D eigenvalue weighted by atomic mass is 16.5. The van der Waals surface area contributed by atoms with E-state index in [0.29, 0.717) is 6.54 Å². The summed E-state index contributed by atoms with van der Waals surface area (Å²) in [6.45, 7) is 0.495. The zero-order chi connectivity index (χ0) is 18.2. The van der Waals surface area contributed by atoms with Crippen LogP contribution in [0.5, 0.6) is 11.5 Å². The minimum absolute atomic E-state index is 0.127. The van der Waals surface area contributed by atoms with Crippen LogP contribution in [0.3, 0.4) is 0 Å². The minimum Gasteiger partial charge on any atom is -0.497 e. The maximum Gasteiger partial charge on any atom is 0.315 e. The van der Waals surface area contributed by atoms with Crippen molar-refractivity contribution in [2.75, 3.05) is 7.11 Å². The van der Waals surface area contributed by atoms with Gasteiger partial charge in [-0.1, -0.05) is 12.1 Å². The van der Waals surface area contributed by atoms with Crippen molar-refractivity contribution in [1.29, 1.82) is 0 Å². The summed E-state index contributed by atoms with van der Waals surface area (Å²) in [5, 5.41) is 5.96. The summed E-state index contributed by atoms with van der Waals surface area (Å²) in [6, 6.07) is 11.5. The highest BCUT2D eigenvalue weighted by Crippen LogP contribution is 2.23. The summed E-state index contributed by atoms with van der Waals surface area (Å²) in [7, 11) is 1.64. The zero-order valence-corrected chi connectivity index (χ0v) is 15.0. The Balaban J connectivity index is 1.36. The number of carbonyl (C=O) groups excluding carboxylic acids is 1. The Morgan fingerprint density at radius 3 is 2.54 bits per heavy atom. The number of nitrogens with one attached hydrogen (secondary N) is 2. The van der Waals surface area contributed by atoms with Gasteiger partial charge in [-0.05, 0) is 55.5 Å². The van der Waals surface area contributed by atoms with Gasteiger partial charge in [0.25, 0.3) is 0 Å². The lowest BCUT2D eigenvalue weighted by atomic mass is 9.93. The summed E-state index contributed by atoms with van der Waals surface area (Å²) in [5.74, 6) is 1.62. The van der Waals surface area contributed by atoms with Crippen molar-refractivity contribution in [1.82, 2.24) is 15.6 Å². The van der Waals surface area contributed by atoms with Gasteiger partial charge in [-0.15, -0.1) is 0 Å². The number of benzene rings is 1. The molecular formula is C20H25N3O3. The Bertz CT molecular complexity index is 683. The SMILES string of the molecule is COc1ccc(CNC(=O)NC2CCC(Oc3cccnc3)CC2)cc1. The molecule has 0 atom stereocenters. The van der Waals surface area contributed by atoms with E-state index in [1.54, 1.807) is 19.5 Å². The quantitative estimate of drug-likeness (QED) is 0.834. The smallest absolute Gasteiger partial charge is 0.315 e. The molecule has 1 aliphatic carbocycles. The number of hydrogen-bond acceptors (Lipinski definition) is 4. The van der Waals surface area contributed by atoms with E-state index in [9.17, 15) is 4.79 Å². The number of amides is 2. The number of methoxy groups -OCH3 is 1. The fraction of sp³-hybridized carbons (Fsp3) is 0.400. The van der Waals surface area contributed by atoms with Gasteiger partial charge in [-0.25, -0.2) is 4.79 Å². The highest BCUT2D eigenvalue weighted by Gasteiger charge is 2.23. The molecule has 1 saturated carbocycles. The Labute approximate surface area is 153 Å². The van der Waals surface area contributed by atoms with Crippen LogP contribution >= 0.6 is 0 Å². The molecule has 0 spiro atoms. The lowest BCUT2D eigenvalue weighted by Gasteiger charge is -2.29. The zero-order valence-electron chi connectivity index (χ0n) is 15.0. The van der Waals surface area contributed by atoms with Gasteiger partial charge in [0.1, 0.15) is 11.5 Å². The standard InChI is InChI=1S/C20H25N3O3/c1-25-17-8-4-15(5-9-17)13-22-20(24)23-16-6-10-18(11-7-16)26-19-3-2-12-21-14-19/h2-5,8-9,12,14,16,18H,6-7,10-11,13H2,1H3,(H2,22,23,24). The lowest BCUT2D eigenvalue weighted by molar-refractivity contribution is 0.139. The number of ether oxygens (including phenoxy) is 2. The number of pyridine rings is 1. The van der Waals surface area contributed by atoms with Crippen LogP contribution in [0.1, 0.15) is 31.2 Å². The molecule has 26 heavy (non-hydrogen) atoms. The van der Waals surface area contributed by atoms with Crippen molar-refractivity contribution in [3.8, 4) is 11.5 Å². The monoisotopic (exact) mass is 355 g/mol. The molecule has 1 aromatic carbocycles. The molecular weight excluding hydrogens is 330 g/mol. The second-order valence-electron chi connectivity index (χ2n) is 6.46. The molecule has 1 fully saturated rings. The topological polar surface area (TPSA) is 72.5 Å². The Morgan fingerprint density at radius 2 is 1.88 bits per heavy atom. The van der Waals surface area contributed by atoms with Gasteiger partial charge in [0.15, 0.2) is 0 Å². The van der Waals surface area contributed by atoms with E-state index in [1.807, 2.05) is 36.4 Å². The fourth-order valence-electron chi connectivity index (χ4n) is 3.10. The van der Waals surface area contributed by atoms with Crippen LogP contribution in [0, 0.1) is 0 Å². The van der Waals surface area contributed by atoms with E-state index in [0.717, 1.165) is 42.7 Å². The normalized spacial score (nSPS) is 19.4. The van der Waals surface area contributed by atoms with Crippen molar-refractivity contribution < 1.29 is 14.3 Å². The lowest BCUT2D eigenvalue weighted by Crippen LogP contribution is -2.44.